The number of carbonyl (C=O) groups is 2. The van der Waals surface area contributed by atoms with Gasteiger partial charge < -0.3 is 19.1 Å². The van der Waals surface area contributed by atoms with Crippen molar-refractivity contribution in [2.45, 2.75) is 183 Å². The van der Waals surface area contributed by atoms with Gasteiger partial charge >= 0.3 is 12.1 Å². The lowest BCUT2D eigenvalue weighted by molar-refractivity contribution is -0.145. The van der Waals surface area contributed by atoms with E-state index < -0.39 is 6.16 Å². The molecule has 0 saturated heterocycles. The van der Waals surface area contributed by atoms with Crippen molar-refractivity contribution < 1.29 is 23.8 Å². The number of nitrogens with zero attached hydrogens (tertiary/aromatic N) is 2. The number of hydrogen-bond donors (Lipinski definition) is 0. The predicted molar refractivity (Wildman–Crippen MR) is 190 cm³/mol. The average molecular weight is 641 g/mol. The van der Waals surface area contributed by atoms with Crippen LogP contribution >= 0.6 is 0 Å². The maximum absolute atomic E-state index is 12.6. The number of esters is 1. The smallest absolute Gasteiger partial charge is 0.465 e. The second kappa shape index (κ2) is 31.3. The van der Waals surface area contributed by atoms with Crippen molar-refractivity contribution in [3.8, 4) is 0 Å². The highest BCUT2D eigenvalue weighted by Crippen LogP contribution is 2.19. The summed E-state index contributed by atoms with van der Waals surface area (Å²) in [6.07, 6.45) is 20.0. The third-order valence-corrected chi connectivity index (χ3v) is 9.14. The summed E-state index contributed by atoms with van der Waals surface area (Å²) < 4.78 is 17.0. The second-order valence-electron chi connectivity index (χ2n) is 13.3. The van der Waals surface area contributed by atoms with E-state index in [-0.39, 0.29) is 12.1 Å². The number of likely N-dealkylation sites (N-methyl/N-ethyl adjacent to an activating group) is 1. The summed E-state index contributed by atoms with van der Waals surface area (Å²) in [6.45, 7) is 21.2. The molecule has 0 radical (unpaired) electrons. The number of hydrogen-bond acceptors (Lipinski definition) is 7. The van der Waals surface area contributed by atoms with Crippen molar-refractivity contribution in [1.29, 1.82) is 0 Å². The fourth-order valence-corrected chi connectivity index (χ4v) is 5.86. The van der Waals surface area contributed by atoms with E-state index in [0.29, 0.717) is 31.6 Å². The molecule has 0 rings (SSSR count). The third kappa shape index (κ3) is 26.4. The van der Waals surface area contributed by atoms with Crippen LogP contribution in [0.5, 0.6) is 0 Å². The van der Waals surface area contributed by atoms with Gasteiger partial charge in [-0.2, -0.15) is 0 Å². The van der Waals surface area contributed by atoms with Crippen molar-refractivity contribution in [3.63, 3.8) is 0 Å². The van der Waals surface area contributed by atoms with Gasteiger partial charge in [-0.25, -0.2) is 4.79 Å². The maximum Gasteiger partial charge on any atom is 0.508 e. The normalized spacial score (nSPS) is 13.0. The van der Waals surface area contributed by atoms with Gasteiger partial charge in [0.1, 0.15) is 12.7 Å². The molecule has 0 spiro atoms. The Morgan fingerprint density at radius 3 is 1.73 bits per heavy atom. The van der Waals surface area contributed by atoms with Crippen LogP contribution in [0.2, 0.25) is 0 Å². The lowest BCUT2D eigenvalue weighted by Gasteiger charge is -2.29. The molecule has 0 aromatic rings. The van der Waals surface area contributed by atoms with Crippen LogP contribution in [-0.2, 0) is 19.0 Å². The molecule has 0 aromatic carbocycles. The summed E-state index contributed by atoms with van der Waals surface area (Å²) in [6, 6.07) is 0.399. The van der Waals surface area contributed by atoms with Gasteiger partial charge in [0.15, 0.2) is 0 Å². The van der Waals surface area contributed by atoms with Crippen molar-refractivity contribution in [1.82, 2.24) is 9.80 Å². The lowest BCUT2D eigenvalue weighted by Crippen LogP contribution is -2.40. The summed E-state index contributed by atoms with van der Waals surface area (Å²) in [4.78, 5) is 29.8. The molecule has 7 nitrogen and oxygen atoms in total. The van der Waals surface area contributed by atoms with Crippen LogP contribution < -0.4 is 0 Å². The minimum Gasteiger partial charge on any atom is -0.465 e. The van der Waals surface area contributed by atoms with Gasteiger partial charge in [0.25, 0.3) is 0 Å². The van der Waals surface area contributed by atoms with Crippen LogP contribution in [0, 0.1) is 5.92 Å². The quantitative estimate of drug-likeness (QED) is 0.0535. The van der Waals surface area contributed by atoms with Crippen molar-refractivity contribution >= 4 is 12.1 Å². The number of rotatable bonds is 32. The lowest BCUT2D eigenvalue weighted by atomic mass is 9.96. The van der Waals surface area contributed by atoms with Crippen LogP contribution in [0.1, 0.15) is 170 Å². The van der Waals surface area contributed by atoms with Crippen LogP contribution in [0.3, 0.4) is 0 Å². The van der Waals surface area contributed by atoms with Crippen molar-refractivity contribution in [2.24, 2.45) is 5.92 Å². The zero-order valence-electron chi connectivity index (χ0n) is 31.1. The molecule has 7 heteroatoms. The zero-order valence-corrected chi connectivity index (χ0v) is 31.1. The summed E-state index contributed by atoms with van der Waals surface area (Å²) >= 11 is 0. The van der Waals surface area contributed by atoms with Crippen LogP contribution in [-0.4, -0.2) is 80.0 Å². The summed E-state index contributed by atoms with van der Waals surface area (Å²) in [5.41, 5.74) is 0. The molecule has 0 aliphatic carbocycles. The predicted octanol–water partition coefficient (Wildman–Crippen LogP) is 10.2. The molecule has 0 amide bonds. The molecule has 268 valence electrons. The number of ether oxygens (including phenoxy) is 3. The maximum atomic E-state index is 12.6. The van der Waals surface area contributed by atoms with E-state index in [1.165, 1.54) is 70.6 Å². The van der Waals surface area contributed by atoms with Crippen molar-refractivity contribution in [3.05, 3.63) is 0 Å². The SMILES string of the molecule is CCCCCCC(CCCC)COC(=O)CCCCCCC(CCCCCC)OC(=O)OCCN(CCN(CC)CC)C(C)C. The van der Waals surface area contributed by atoms with Gasteiger partial charge in [-0.1, -0.05) is 105 Å². The van der Waals surface area contributed by atoms with Crippen LogP contribution in [0.4, 0.5) is 4.79 Å². The monoisotopic (exact) mass is 641 g/mol. The molecule has 0 heterocycles. The average Bonchev–Trinajstić information content (AvgIpc) is 3.03. The molecule has 0 aromatic heterocycles. The van der Waals surface area contributed by atoms with E-state index >= 15 is 0 Å². The third-order valence-electron chi connectivity index (χ3n) is 9.14. The molecule has 0 aliphatic rings. The Morgan fingerprint density at radius 1 is 0.600 bits per heavy atom. The van der Waals surface area contributed by atoms with Gasteiger partial charge in [-0.05, 0) is 77.8 Å². The van der Waals surface area contributed by atoms with Gasteiger partial charge in [0, 0.05) is 32.1 Å². The Labute approximate surface area is 279 Å². The van der Waals surface area contributed by atoms with E-state index in [9.17, 15) is 9.59 Å². The molecular weight excluding hydrogens is 564 g/mol. The van der Waals surface area contributed by atoms with Crippen molar-refractivity contribution in [2.75, 3.05) is 45.9 Å². The Kier molecular flexibility index (Phi) is 30.3. The molecule has 2 unspecified atom stereocenters. The number of carbonyl (C=O) groups excluding carboxylic acids is 2. The van der Waals surface area contributed by atoms with Gasteiger partial charge in [-0.15, -0.1) is 0 Å². The molecule has 0 N–H and O–H groups in total. The van der Waals surface area contributed by atoms with Gasteiger partial charge in [-0.3, -0.25) is 9.69 Å². The van der Waals surface area contributed by atoms with Crippen LogP contribution in [0.25, 0.3) is 0 Å². The first-order valence-electron chi connectivity index (χ1n) is 19.3. The Morgan fingerprint density at radius 2 is 1.16 bits per heavy atom. The first-order chi connectivity index (χ1) is 21.8. The van der Waals surface area contributed by atoms with E-state index in [4.69, 9.17) is 14.2 Å². The standard InChI is InChI=1S/C38H76N2O5/c1-8-13-16-20-25-35(24-15-10-3)33-44-37(41)28-23-19-18-22-27-36(26-21-17-14-9-2)45-38(42)43-32-31-40(34(6)7)30-29-39(11-4)12-5/h34-36H,8-33H2,1-7H3. The minimum atomic E-state index is -0.534. The first-order valence-corrected chi connectivity index (χ1v) is 19.3. The first kappa shape index (κ1) is 43.7. The minimum absolute atomic E-state index is 0.0472. The molecule has 0 bridgehead atoms. The van der Waals surface area contributed by atoms with Crippen LogP contribution in [0.15, 0.2) is 0 Å². The summed E-state index contributed by atoms with van der Waals surface area (Å²) in [5.74, 6) is 0.465. The molecule has 45 heavy (non-hydrogen) atoms. The molecular formula is C38H76N2O5. The largest absolute Gasteiger partial charge is 0.508 e. The molecule has 2 atom stereocenters. The summed E-state index contributed by atoms with van der Waals surface area (Å²) in [5, 5.41) is 0. The fourth-order valence-electron chi connectivity index (χ4n) is 5.86. The topological polar surface area (TPSA) is 68.3 Å². The van der Waals surface area contributed by atoms with Gasteiger partial charge in [0.05, 0.1) is 6.61 Å². The van der Waals surface area contributed by atoms with E-state index in [1.807, 2.05) is 0 Å². The summed E-state index contributed by atoms with van der Waals surface area (Å²) in [7, 11) is 0. The Hall–Kier alpha value is -1.34. The fraction of sp³-hybridized carbons (Fsp3) is 0.947. The van der Waals surface area contributed by atoms with Gasteiger partial charge in [0.2, 0.25) is 0 Å². The zero-order chi connectivity index (χ0) is 33.5. The highest BCUT2D eigenvalue weighted by atomic mass is 16.7. The van der Waals surface area contributed by atoms with E-state index in [0.717, 1.165) is 77.7 Å². The molecule has 0 fully saturated rings. The highest BCUT2D eigenvalue weighted by molar-refractivity contribution is 5.69. The Bertz CT molecular complexity index is 671. The second-order valence-corrected chi connectivity index (χ2v) is 13.3. The van der Waals surface area contributed by atoms with E-state index in [2.05, 4.69) is 58.3 Å². The number of unbranched alkanes of at least 4 members (excludes halogenated alkanes) is 10. The molecule has 0 aliphatic heterocycles. The molecule has 0 saturated carbocycles. The highest BCUT2D eigenvalue weighted by Gasteiger charge is 2.17. The Balaban J connectivity index is 4.44. The van der Waals surface area contributed by atoms with E-state index in [1.54, 1.807) is 0 Å².